The van der Waals surface area contributed by atoms with Gasteiger partial charge in [-0.15, -0.1) is 0 Å². The van der Waals surface area contributed by atoms with E-state index in [1.54, 1.807) is 0 Å². The molecule has 5 heteroatoms. The molecule has 0 saturated heterocycles. The lowest BCUT2D eigenvalue weighted by Crippen LogP contribution is -2.14. The van der Waals surface area contributed by atoms with Gasteiger partial charge in [0.2, 0.25) is 5.91 Å². The number of amides is 1. The van der Waals surface area contributed by atoms with Crippen LogP contribution >= 0.6 is 0 Å². The number of rotatable bonds is 9. The molecule has 1 rings (SSSR count). The van der Waals surface area contributed by atoms with Crippen LogP contribution in [0.15, 0.2) is 18.2 Å². The molecule has 1 aromatic carbocycles. The predicted molar refractivity (Wildman–Crippen MR) is 84.4 cm³/mol. The molecular formula is C16H24N2O3. The first-order valence-corrected chi connectivity index (χ1v) is 7.47. The maximum atomic E-state index is 11.8. The first-order valence-electron chi connectivity index (χ1n) is 7.47. The highest BCUT2D eigenvalue weighted by Crippen LogP contribution is 2.20. The molecule has 0 aliphatic carbocycles. The number of hydrogen-bond acceptors (Lipinski definition) is 3. The molecule has 0 aliphatic rings. The van der Waals surface area contributed by atoms with Crippen molar-refractivity contribution in [2.45, 2.75) is 51.9 Å². The summed E-state index contributed by atoms with van der Waals surface area (Å²) in [7, 11) is 0. The lowest BCUT2D eigenvalue weighted by molar-refractivity contribution is -0.116. The Kier molecular flexibility index (Phi) is 7.29. The number of benzene rings is 1. The average molecular weight is 292 g/mol. The number of nitrogens with two attached hydrogens (primary N) is 1. The molecule has 0 bridgehead atoms. The van der Waals surface area contributed by atoms with Gasteiger partial charge in [-0.2, -0.15) is 0 Å². The fraction of sp³-hybridized carbons (Fsp3) is 0.500. The quantitative estimate of drug-likeness (QED) is 0.478. The van der Waals surface area contributed by atoms with Gasteiger partial charge in [-0.1, -0.05) is 39.0 Å². The monoisotopic (exact) mass is 292 g/mol. The summed E-state index contributed by atoms with van der Waals surface area (Å²) in [6.07, 6.45) is 7.03. The van der Waals surface area contributed by atoms with Gasteiger partial charge in [0, 0.05) is 12.1 Å². The minimum Gasteiger partial charge on any atom is -0.478 e. The van der Waals surface area contributed by atoms with E-state index in [4.69, 9.17) is 10.8 Å². The van der Waals surface area contributed by atoms with Crippen LogP contribution in [0.25, 0.3) is 0 Å². The number of carbonyl (C=O) groups is 2. The molecule has 5 nitrogen and oxygen atoms in total. The Balaban J connectivity index is 2.44. The third kappa shape index (κ3) is 6.29. The molecule has 0 spiro atoms. The van der Waals surface area contributed by atoms with Crippen molar-refractivity contribution in [1.82, 2.24) is 0 Å². The molecule has 0 saturated carbocycles. The van der Waals surface area contributed by atoms with Crippen molar-refractivity contribution in [3.63, 3.8) is 0 Å². The fourth-order valence-corrected chi connectivity index (χ4v) is 2.13. The fourth-order valence-electron chi connectivity index (χ4n) is 2.13. The van der Waals surface area contributed by atoms with Crippen molar-refractivity contribution in [1.29, 1.82) is 0 Å². The molecule has 4 N–H and O–H groups in total. The van der Waals surface area contributed by atoms with E-state index in [2.05, 4.69) is 12.2 Å². The Hall–Kier alpha value is -2.04. The molecule has 21 heavy (non-hydrogen) atoms. The Bertz CT molecular complexity index is 486. The lowest BCUT2D eigenvalue weighted by atomic mass is 10.1. The smallest absolute Gasteiger partial charge is 0.337 e. The number of anilines is 2. The van der Waals surface area contributed by atoms with Gasteiger partial charge in [0.1, 0.15) is 0 Å². The normalized spacial score (nSPS) is 10.3. The summed E-state index contributed by atoms with van der Waals surface area (Å²) in [5.74, 6) is -1.25. The summed E-state index contributed by atoms with van der Waals surface area (Å²) in [6.45, 7) is 2.17. The third-order valence-corrected chi connectivity index (χ3v) is 3.31. The summed E-state index contributed by atoms with van der Waals surface area (Å²) in [6, 6.07) is 4.38. The highest BCUT2D eigenvalue weighted by molar-refractivity contribution is 6.01. The van der Waals surface area contributed by atoms with E-state index in [1.165, 1.54) is 37.5 Å². The Labute approximate surface area is 125 Å². The predicted octanol–water partition coefficient (Wildman–Crippen LogP) is 3.66. The Morgan fingerprint density at radius 3 is 2.48 bits per heavy atom. The second-order valence-electron chi connectivity index (χ2n) is 5.18. The van der Waals surface area contributed by atoms with Gasteiger partial charge in [-0.3, -0.25) is 4.79 Å². The van der Waals surface area contributed by atoms with Gasteiger partial charge >= 0.3 is 5.97 Å². The van der Waals surface area contributed by atoms with Crippen LogP contribution in [0.1, 0.15) is 62.2 Å². The molecule has 0 fully saturated rings. The van der Waals surface area contributed by atoms with E-state index in [1.807, 2.05) is 0 Å². The summed E-state index contributed by atoms with van der Waals surface area (Å²) >= 11 is 0. The molecule has 0 radical (unpaired) electrons. The average Bonchev–Trinajstić information content (AvgIpc) is 2.42. The zero-order valence-corrected chi connectivity index (χ0v) is 12.5. The maximum absolute atomic E-state index is 11.8. The van der Waals surface area contributed by atoms with Crippen LogP contribution in [0.3, 0.4) is 0 Å². The van der Waals surface area contributed by atoms with Crippen LogP contribution in [-0.2, 0) is 4.79 Å². The molecular weight excluding hydrogens is 268 g/mol. The standard InChI is InChI=1S/C16H24N2O3/c1-2-3-4-5-6-7-8-15(19)18-14-11-12(17)9-10-13(14)16(20)21/h9-11H,2-8,17H2,1H3,(H,18,19)(H,20,21). The molecule has 1 aromatic rings. The zero-order valence-electron chi connectivity index (χ0n) is 12.5. The van der Waals surface area contributed by atoms with Crippen LogP contribution in [0.4, 0.5) is 11.4 Å². The summed E-state index contributed by atoms with van der Waals surface area (Å²) in [5.41, 5.74) is 6.37. The van der Waals surface area contributed by atoms with E-state index in [9.17, 15) is 9.59 Å². The minimum absolute atomic E-state index is 0.0560. The Morgan fingerprint density at radius 1 is 1.14 bits per heavy atom. The van der Waals surface area contributed by atoms with Crippen LogP contribution < -0.4 is 11.1 Å². The first kappa shape index (κ1) is 17.0. The van der Waals surface area contributed by atoms with Crippen molar-refractivity contribution >= 4 is 23.3 Å². The minimum atomic E-state index is -1.08. The second kappa shape index (κ2) is 9.00. The largest absolute Gasteiger partial charge is 0.478 e. The van der Waals surface area contributed by atoms with Gasteiger partial charge in [-0.25, -0.2) is 4.79 Å². The van der Waals surface area contributed by atoms with Gasteiger partial charge in [0.15, 0.2) is 0 Å². The van der Waals surface area contributed by atoms with Crippen molar-refractivity contribution in [3.05, 3.63) is 23.8 Å². The van der Waals surface area contributed by atoms with Crippen LogP contribution in [0.5, 0.6) is 0 Å². The highest BCUT2D eigenvalue weighted by atomic mass is 16.4. The van der Waals surface area contributed by atoms with Crippen LogP contribution in [0, 0.1) is 0 Å². The topological polar surface area (TPSA) is 92.4 Å². The number of nitrogens with one attached hydrogen (secondary N) is 1. The maximum Gasteiger partial charge on any atom is 0.337 e. The number of aromatic carboxylic acids is 1. The number of carboxylic acid groups (broad SMARTS) is 1. The second-order valence-corrected chi connectivity index (χ2v) is 5.18. The molecule has 0 aromatic heterocycles. The van der Waals surface area contributed by atoms with E-state index in [0.29, 0.717) is 12.1 Å². The highest BCUT2D eigenvalue weighted by Gasteiger charge is 2.12. The number of unbranched alkanes of at least 4 members (excludes halogenated alkanes) is 5. The molecule has 116 valence electrons. The van der Waals surface area contributed by atoms with Crippen molar-refractivity contribution in [3.8, 4) is 0 Å². The number of hydrogen-bond donors (Lipinski definition) is 3. The van der Waals surface area contributed by atoms with Gasteiger partial charge in [0.05, 0.1) is 11.3 Å². The summed E-state index contributed by atoms with van der Waals surface area (Å²) in [4.78, 5) is 22.9. The van der Waals surface area contributed by atoms with Crippen molar-refractivity contribution in [2.24, 2.45) is 0 Å². The van der Waals surface area contributed by atoms with E-state index in [0.717, 1.165) is 19.3 Å². The van der Waals surface area contributed by atoms with Gasteiger partial charge in [0.25, 0.3) is 0 Å². The number of carboxylic acids is 1. The molecule has 0 atom stereocenters. The van der Waals surface area contributed by atoms with Crippen molar-refractivity contribution in [2.75, 3.05) is 11.1 Å². The Morgan fingerprint density at radius 2 is 1.81 bits per heavy atom. The SMILES string of the molecule is CCCCCCCCC(=O)Nc1cc(N)ccc1C(=O)O. The van der Waals surface area contributed by atoms with Crippen LogP contribution in [0.2, 0.25) is 0 Å². The molecule has 0 aliphatic heterocycles. The number of carbonyl (C=O) groups excluding carboxylic acids is 1. The van der Waals surface area contributed by atoms with E-state index >= 15 is 0 Å². The van der Waals surface area contributed by atoms with Crippen LogP contribution in [-0.4, -0.2) is 17.0 Å². The first-order chi connectivity index (χ1) is 10.0. The summed E-state index contributed by atoms with van der Waals surface area (Å²) < 4.78 is 0. The summed E-state index contributed by atoms with van der Waals surface area (Å²) in [5, 5.41) is 11.7. The lowest BCUT2D eigenvalue weighted by Gasteiger charge is -2.09. The molecule has 0 unspecified atom stereocenters. The zero-order chi connectivity index (χ0) is 15.7. The molecule has 1 amide bonds. The van der Waals surface area contributed by atoms with Gasteiger partial charge < -0.3 is 16.2 Å². The molecule has 0 heterocycles. The number of nitrogen functional groups attached to an aromatic ring is 1. The van der Waals surface area contributed by atoms with Crippen molar-refractivity contribution < 1.29 is 14.7 Å². The third-order valence-electron chi connectivity index (χ3n) is 3.31. The van der Waals surface area contributed by atoms with E-state index in [-0.39, 0.29) is 17.2 Å². The van der Waals surface area contributed by atoms with Gasteiger partial charge in [-0.05, 0) is 24.6 Å². The van der Waals surface area contributed by atoms with E-state index < -0.39 is 5.97 Å².